The Bertz CT molecular complexity index is 1370. The number of nitrogens with zero attached hydrogens (tertiary/aromatic N) is 1. The summed E-state index contributed by atoms with van der Waals surface area (Å²) in [5.41, 5.74) is 2.05. The first-order valence-electron chi connectivity index (χ1n) is 10.5. The second kappa shape index (κ2) is 9.99. The molecule has 7 nitrogen and oxygen atoms in total. The first-order chi connectivity index (χ1) is 16.8. The number of anilines is 1. The van der Waals surface area contributed by atoms with Crippen molar-refractivity contribution in [1.29, 1.82) is 0 Å². The number of methoxy groups -OCH3 is 1. The Morgan fingerprint density at radius 3 is 2.54 bits per heavy atom. The van der Waals surface area contributed by atoms with E-state index in [9.17, 15) is 18.8 Å². The third-order valence-corrected chi connectivity index (χ3v) is 5.48. The number of hydrogen-bond donors (Lipinski definition) is 1. The molecule has 3 aromatic rings. The SMILES string of the molecule is COc1cc(/C=C2\C(=O)NC(=O)N(c3cccc(F)c3)C2=O)cc(Cl)c1OCc1cccc(C)c1. The van der Waals surface area contributed by atoms with Crippen LogP contribution in [0.5, 0.6) is 11.5 Å². The molecule has 35 heavy (non-hydrogen) atoms. The number of carbonyl (C=O) groups is 3. The fraction of sp³-hybridized carbons (Fsp3) is 0.115. The summed E-state index contributed by atoms with van der Waals surface area (Å²) in [6.45, 7) is 2.23. The highest BCUT2D eigenvalue weighted by molar-refractivity contribution is 6.39. The van der Waals surface area contributed by atoms with Crippen molar-refractivity contribution in [2.75, 3.05) is 12.0 Å². The van der Waals surface area contributed by atoms with E-state index in [4.69, 9.17) is 21.1 Å². The van der Waals surface area contributed by atoms with Crippen molar-refractivity contribution in [3.05, 3.63) is 93.8 Å². The van der Waals surface area contributed by atoms with Gasteiger partial charge in [0, 0.05) is 0 Å². The van der Waals surface area contributed by atoms with Crippen molar-refractivity contribution in [2.24, 2.45) is 0 Å². The van der Waals surface area contributed by atoms with Gasteiger partial charge in [-0.1, -0.05) is 47.5 Å². The fourth-order valence-electron chi connectivity index (χ4n) is 3.59. The van der Waals surface area contributed by atoms with Gasteiger partial charge in [-0.05, 0) is 54.5 Å². The van der Waals surface area contributed by atoms with Gasteiger partial charge in [-0.25, -0.2) is 14.1 Å². The van der Waals surface area contributed by atoms with E-state index in [0.717, 1.165) is 17.2 Å². The average Bonchev–Trinajstić information content (AvgIpc) is 2.80. The first-order valence-corrected chi connectivity index (χ1v) is 10.9. The molecule has 0 atom stereocenters. The predicted octanol–water partition coefficient (Wildman–Crippen LogP) is 5.04. The highest BCUT2D eigenvalue weighted by atomic mass is 35.5. The Kier molecular flexibility index (Phi) is 6.84. The maximum atomic E-state index is 13.7. The summed E-state index contributed by atoms with van der Waals surface area (Å²) in [6, 6.07) is 14.8. The molecule has 4 rings (SSSR count). The molecular weight excluding hydrogens is 475 g/mol. The minimum absolute atomic E-state index is 0.0126. The number of ether oxygens (including phenoxy) is 2. The molecule has 1 saturated heterocycles. The van der Waals surface area contributed by atoms with E-state index >= 15 is 0 Å². The molecule has 178 valence electrons. The van der Waals surface area contributed by atoms with Gasteiger partial charge in [0.05, 0.1) is 17.8 Å². The van der Waals surface area contributed by atoms with E-state index in [-0.39, 0.29) is 22.9 Å². The fourth-order valence-corrected chi connectivity index (χ4v) is 3.87. The molecule has 0 aliphatic carbocycles. The van der Waals surface area contributed by atoms with Gasteiger partial charge in [0.1, 0.15) is 18.0 Å². The Morgan fingerprint density at radius 2 is 1.83 bits per heavy atom. The third kappa shape index (κ3) is 5.17. The summed E-state index contributed by atoms with van der Waals surface area (Å²) < 4.78 is 24.9. The molecule has 0 unspecified atom stereocenters. The van der Waals surface area contributed by atoms with Crippen molar-refractivity contribution in [3.63, 3.8) is 0 Å². The molecule has 0 radical (unpaired) electrons. The number of urea groups is 1. The van der Waals surface area contributed by atoms with Crippen molar-refractivity contribution in [1.82, 2.24) is 5.32 Å². The summed E-state index contributed by atoms with van der Waals surface area (Å²) >= 11 is 6.44. The van der Waals surface area contributed by atoms with E-state index in [2.05, 4.69) is 5.32 Å². The van der Waals surface area contributed by atoms with Crippen LogP contribution in [-0.2, 0) is 16.2 Å². The average molecular weight is 495 g/mol. The Hall–Kier alpha value is -4.17. The standard InChI is InChI=1S/C26H20ClFN2O5/c1-15-5-3-6-16(9-15)14-35-23-21(27)11-17(12-22(23)34-2)10-20-24(31)29-26(33)30(25(20)32)19-8-4-7-18(28)13-19/h3-13H,14H2,1-2H3,(H,29,31,33)/b20-10+. The minimum atomic E-state index is -0.974. The lowest BCUT2D eigenvalue weighted by atomic mass is 10.1. The van der Waals surface area contributed by atoms with E-state index in [1.807, 2.05) is 31.2 Å². The van der Waals surface area contributed by atoms with Crippen molar-refractivity contribution >= 4 is 41.2 Å². The van der Waals surface area contributed by atoms with Crippen LogP contribution in [0.2, 0.25) is 5.02 Å². The van der Waals surface area contributed by atoms with Gasteiger partial charge in [0.25, 0.3) is 11.8 Å². The monoisotopic (exact) mass is 494 g/mol. The van der Waals surface area contributed by atoms with Gasteiger partial charge >= 0.3 is 6.03 Å². The molecule has 3 aromatic carbocycles. The number of aryl methyl sites for hydroxylation is 1. The zero-order valence-corrected chi connectivity index (χ0v) is 19.6. The number of halogens is 2. The van der Waals surface area contributed by atoms with Gasteiger partial charge in [-0.15, -0.1) is 0 Å². The van der Waals surface area contributed by atoms with Crippen LogP contribution in [0.25, 0.3) is 6.08 Å². The predicted molar refractivity (Wildman–Crippen MR) is 129 cm³/mol. The summed E-state index contributed by atoms with van der Waals surface area (Å²) in [4.78, 5) is 38.5. The van der Waals surface area contributed by atoms with Crippen LogP contribution in [0.1, 0.15) is 16.7 Å². The second-order valence-corrected chi connectivity index (χ2v) is 8.16. The molecular formula is C26H20ClFN2O5. The smallest absolute Gasteiger partial charge is 0.335 e. The van der Waals surface area contributed by atoms with Gasteiger partial charge in [0.2, 0.25) is 0 Å². The van der Waals surface area contributed by atoms with Crippen LogP contribution in [-0.4, -0.2) is 25.0 Å². The van der Waals surface area contributed by atoms with Crippen LogP contribution >= 0.6 is 11.6 Å². The summed E-state index contributed by atoms with van der Waals surface area (Å²) in [6.07, 6.45) is 1.27. The quantitative estimate of drug-likeness (QED) is 0.383. The maximum Gasteiger partial charge on any atom is 0.335 e. The Morgan fingerprint density at radius 1 is 1.06 bits per heavy atom. The maximum absolute atomic E-state index is 13.7. The number of barbiturate groups is 1. The molecule has 1 fully saturated rings. The normalized spacial score (nSPS) is 14.8. The van der Waals surface area contributed by atoms with Crippen LogP contribution < -0.4 is 19.7 Å². The molecule has 0 bridgehead atoms. The molecule has 1 aliphatic rings. The van der Waals surface area contributed by atoms with Crippen LogP contribution in [0.3, 0.4) is 0 Å². The van der Waals surface area contributed by atoms with E-state index in [1.165, 1.54) is 37.5 Å². The van der Waals surface area contributed by atoms with Gasteiger partial charge in [-0.2, -0.15) is 0 Å². The summed E-state index contributed by atoms with van der Waals surface area (Å²) in [5, 5.41) is 2.29. The van der Waals surface area contributed by atoms with Crippen LogP contribution in [0.15, 0.2) is 66.2 Å². The summed E-state index contributed by atoms with van der Waals surface area (Å²) in [7, 11) is 1.44. The topological polar surface area (TPSA) is 84.9 Å². The van der Waals surface area contributed by atoms with E-state index in [0.29, 0.717) is 22.0 Å². The molecule has 0 spiro atoms. The third-order valence-electron chi connectivity index (χ3n) is 5.20. The number of imide groups is 2. The number of rotatable bonds is 6. The number of nitrogens with one attached hydrogen (secondary N) is 1. The van der Waals surface area contributed by atoms with Crippen molar-refractivity contribution < 1.29 is 28.2 Å². The van der Waals surface area contributed by atoms with Crippen molar-refractivity contribution in [2.45, 2.75) is 13.5 Å². The molecule has 1 heterocycles. The van der Waals surface area contributed by atoms with Gasteiger partial charge in [-0.3, -0.25) is 14.9 Å². The highest BCUT2D eigenvalue weighted by Gasteiger charge is 2.37. The Labute approximate surface area is 205 Å². The number of carbonyl (C=O) groups excluding carboxylic acids is 3. The van der Waals surface area contributed by atoms with Gasteiger partial charge < -0.3 is 9.47 Å². The van der Waals surface area contributed by atoms with E-state index in [1.54, 1.807) is 6.07 Å². The zero-order valence-electron chi connectivity index (χ0n) is 18.8. The lowest BCUT2D eigenvalue weighted by Gasteiger charge is -2.26. The first kappa shape index (κ1) is 24.0. The second-order valence-electron chi connectivity index (χ2n) is 7.75. The lowest BCUT2D eigenvalue weighted by molar-refractivity contribution is -0.122. The number of hydrogen-bond acceptors (Lipinski definition) is 5. The molecule has 0 aromatic heterocycles. The highest BCUT2D eigenvalue weighted by Crippen LogP contribution is 2.38. The largest absolute Gasteiger partial charge is 0.493 e. The number of benzene rings is 3. The van der Waals surface area contributed by atoms with E-state index < -0.39 is 23.7 Å². The molecule has 1 N–H and O–H groups in total. The van der Waals surface area contributed by atoms with Crippen molar-refractivity contribution in [3.8, 4) is 11.5 Å². The lowest BCUT2D eigenvalue weighted by Crippen LogP contribution is -2.54. The minimum Gasteiger partial charge on any atom is -0.493 e. The molecule has 9 heteroatoms. The van der Waals surface area contributed by atoms with Crippen LogP contribution in [0, 0.1) is 12.7 Å². The number of amides is 4. The molecule has 1 aliphatic heterocycles. The molecule has 0 saturated carbocycles. The van der Waals surface area contributed by atoms with Crippen LogP contribution in [0.4, 0.5) is 14.9 Å². The molecule has 4 amide bonds. The Balaban J connectivity index is 1.64. The van der Waals surface area contributed by atoms with Gasteiger partial charge in [0.15, 0.2) is 11.5 Å². The zero-order chi connectivity index (χ0) is 25.1. The summed E-state index contributed by atoms with van der Waals surface area (Å²) in [5.74, 6) is -1.84.